The summed E-state index contributed by atoms with van der Waals surface area (Å²) < 4.78 is 0. The Morgan fingerprint density at radius 2 is 2.17 bits per heavy atom. The lowest BCUT2D eigenvalue weighted by Gasteiger charge is -2.25. The van der Waals surface area contributed by atoms with Crippen molar-refractivity contribution >= 4 is 34.2 Å². The molecule has 156 valence electrons. The molecule has 0 spiro atoms. The van der Waals surface area contributed by atoms with Gasteiger partial charge in [-0.15, -0.1) is 10.2 Å². The first-order valence-electron chi connectivity index (χ1n) is 10.7. The number of anilines is 1. The van der Waals surface area contributed by atoms with Crippen molar-refractivity contribution in [3.8, 4) is 0 Å². The van der Waals surface area contributed by atoms with Crippen LogP contribution in [0.15, 0.2) is 46.6 Å². The van der Waals surface area contributed by atoms with Crippen LogP contribution in [0.1, 0.15) is 52.0 Å². The topological polar surface area (TPSA) is 78.8 Å². The minimum atomic E-state index is 0.407. The largest absolute Gasteiger partial charge is 0.337 e. The molecule has 0 aliphatic heterocycles. The second kappa shape index (κ2) is 8.78. The number of aromatic nitrogens is 4. The third-order valence-corrected chi connectivity index (χ3v) is 5.90. The zero-order valence-electron chi connectivity index (χ0n) is 18.2. The molecule has 0 fully saturated rings. The Morgan fingerprint density at radius 1 is 1.30 bits per heavy atom. The maximum Gasteiger partial charge on any atom is 0.265 e. The van der Waals surface area contributed by atoms with E-state index < -0.39 is 0 Å². The molecule has 2 aromatic heterocycles. The van der Waals surface area contributed by atoms with E-state index >= 15 is 0 Å². The van der Waals surface area contributed by atoms with Gasteiger partial charge in [0.2, 0.25) is 0 Å². The van der Waals surface area contributed by atoms with Crippen LogP contribution < -0.4 is 5.43 Å². The predicted molar refractivity (Wildman–Crippen MR) is 125 cm³/mol. The van der Waals surface area contributed by atoms with Crippen LogP contribution in [0, 0.1) is 18.8 Å². The smallest absolute Gasteiger partial charge is 0.265 e. The number of H-pyrrole nitrogens is 1. The summed E-state index contributed by atoms with van der Waals surface area (Å²) in [5.41, 5.74) is 9.66. The van der Waals surface area contributed by atoms with Gasteiger partial charge in [0.15, 0.2) is 5.65 Å². The van der Waals surface area contributed by atoms with Gasteiger partial charge in [-0.05, 0) is 57.9 Å². The van der Waals surface area contributed by atoms with Gasteiger partial charge in [0.1, 0.15) is 5.52 Å². The van der Waals surface area contributed by atoms with Crippen LogP contribution in [-0.4, -0.2) is 26.4 Å². The molecular formula is C24H30N6. The highest BCUT2D eigenvalue weighted by molar-refractivity contribution is 6.04. The Balaban J connectivity index is 1.40. The fraction of sp³-hybridized carbons (Fsp3) is 0.417. The van der Waals surface area contributed by atoms with E-state index in [-0.39, 0.29) is 0 Å². The van der Waals surface area contributed by atoms with Crippen LogP contribution in [0.3, 0.4) is 0 Å². The van der Waals surface area contributed by atoms with Crippen LogP contribution in [0.4, 0.5) is 5.95 Å². The molecule has 1 aliphatic rings. The fourth-order valence-electron chi connectivity index (χ4n) is 4.12. The molecule has 0 saturated heterocycles. The number of aryl methyl sites for hydroxylation is 1. The molecule has 0 bridgehead atoms. The van der Waals surface area contributed by atoms with E-state index in [9.17, 15) is 0 Å². The lowest BCUT2D eigenvalue weighted by atomic mass is 9.80. The summed E-state index contributed by atoms with van der Waals surface area (Å²) in [7, 11) is 0. The molecule has 0 radical (unpaired) electrons. The zero-order valence-corrected chi connectivity index (χ0v) is 18.2. The number of rotatable bonds is 6. The number of aromatic amines is 1. The van der Waals surface area contributed by atoms with E-state index in [1.54, 1.807) is 5.57 Å². The summed E-state index contributed by atoms with van der Waals surface area (Å²) in [4.78, 5) is 7.89. The average Bonchev–Trinajstić information content (AvgIpc) is 3.09. The molecule has 1 aromatic carbocycles. The summed E-state index contributed by atoms with van der Waals surface area (Å²) >= 11 is 0. The van der Waals surface area contributed by atoms with Crippen LogP contribution in [0.5, 0.6) is 0 Å². The second-order valence-corrected chi connectivity index (χ2v) is 8.61. The van der Waals surface area contributed by atoms with Gasteiger partial charge in [-0.25, -0.2) is 5.43 Å². The molecule has 4 rings (SSSR count). The predicted octanol–water partition coefficient (Wildman–Crippen LogP) is 5.93. The van der Waals surface area contributed by atoms with Gasteiger partial charge in [-0.2, -0.15) is 10.1 Å². The minimum Gasteiger partial charge on any atom is -0.337 e. The lowest BCUT2D eigenvalue weighted by molar-refractivity contribution is 0.431. The third kappa shape index (κ3) is 4.42. The molecule has 2 atom stereocenters. The van der Waals surface area contributed by atoms with Crippen molar-refractivity contribution in [3.05, 3.63) is 47.1 Å². The normalized spacial score (nSPS) is 19.4. The summed E-state index contributed by atoms with van der Waals surface area (Å²) in [6, 6.07) is 6.13. The molecular weight excluding hydrogens is 372 g/mol. The molecule has 0 saturated carbocycles. The number of hydrogen-bond acceptors (Lipinski definition) is 5. The molecule has 0 unspecified atom stereocenters. The lowest BCUT2D eigenvalue weighted by Crippen LogP contribution is -2.18. The minimum absolute atomic E-state index is 0.407. The number of nitrogens with one attached hydrogen (secondary N) is 2. The Labute approximate surface area is 177 Å². The van der Waals surface area contributed by atoms with Gasteiger partial charge in [0.25, 0.3) is 5.95 Å². The molecule has 1 aliphatic carbocycles. The molecule has 0 amide bonds. The quantitative estimate of drug-likeness (QED) is 0.304. The number of fused-ring (bicyclic) bond motifs is 3. The van der Waals surface area contributed by atoms with E-state index in [4.69, 9.17) is 0 Å². The third-order valence-electron chi connectivity index (χ3n) is 5.90. The molecule has 2 heterocycles. The average molecular weight is 403 g/mol. The first kappa shape index (κ1) is 20.3. The van der Waals surface area contributed by atoms with Crippen LogP contribution >= 0.6 is 0 Å². The van der Waals surface area contributed by atoms with Gasteiger partial charge in [0.05, 0.1) is 5.52 Å². The van der Waals surface area contributed by atoms with Crippen LogP contribution in [0.25, 0.3) is 22.1 Å². The first-order chi connectivity index (χ1) is 14.5. The van der Waals surface area contributed by atoms with Crippen molar-refractivity contribution in [2.24, 2.45) is 16.9 Å². The van der Waals surface area contributed by atoms with Crippen molar-refractivity contribution < 1.29 is 0 Å². The van der Waals surface area contributed by atoms with Crippen molar-refractivity contribution in [2.45, 2.75) is 53.4 Å². The molecule has 6 heteroatoms. The van der Waals surface area contributed by atoms with E-state index in [0.717, 1.165) is 41.3 Å². The number of allylic oxidation sites excluding steroid dienone is 4. The first-order valence-corrected chi connectivity index (χ1v) is 10.7. The highest BCUT2D eigenvalue weighted by Crippen LogP contribution is 2.30. The monoisotopic (exact) mass is 402 g/mol. The van der Waals surface area contributed by atoms with Crippen molar-refractivity contribution in [1.29, 1.82) is 0 Å². The molecule has 2 N–H and O–H groups in total. The van der Waals surface area contributed by atoms with Gasteiger partial charge >= 0.3 is 0 Å². The van der Waals surface area contributed by atoms with Gasteiger partial charge in [-0.1, -0.05) is 48.4 Å². The summed E-state index contributed by atoms with van der Waals surface area (Å²) in [5.74, 6) is 1.42. The summed E-state index contributed by atoms with van der Waals surface area (Å²) in [6.07, 6.45) is 11.2. The fourth-order valence-corrected chi connectivity index (χ4v) is 4.12. The molecule has 30 heavy (non-hydrogen) atoms. The van der Waals surface area contributed by atoms with Gasteiger partial charge < -0.3 is 4.98 Å². The molecule has 6 nitrogen and oxygen atoms in total. The van der Waals surface area contributed by atoms with Crippen molar-refractivity contribution in [1.82, 2.24) is 20.2 Å². The summed E-state index contributed by atoms with van der Waals surface area (Å²) in [6.45, 7) is 8.70. The maximum absolute atomic E-state index is 4.54. The highest BCUT2D eigenvalue weighted by atomic mass is 15.4. The second-order valence-electron chi connectivity index (χ2n) is 8.61. The molecule has 3 aromatic rings. The van der Waals surface area contributed by atoms with Gasteiger partial charge in [-0.3, -0.25) is 0 Å². The van der Waals surface area contributed by atoms with Gasteiger partial charge in [0, 0.05) is 17.5 Å². The van der Waals surface area contributed by atoms with E-state index in [0.29, 0.717) is 17.8 Å². The number of para-hydroxylation sites is 1. The van der Waals surface area contributed by atoms with E-state index in [1.807, 2.05) is 18.3 Å². The highest BCUT2D eigenvalue weighted by Gasteiger charge is 2.20. The Hall–Kier alpha value is -3.02. The van der Waals surface area contributed by atoms with E-state index in [2.05, 4.69) is 76.6 Å². The number of benzene rings is 1. The zero-order chi connectivity index (χ0) is 21.1. The van der Waals surface area contributed by atoms with Crippen LogP contribution in [0.2, 0.25) is 0 Å². The summed E-state index contributed by atoms with van der Waals surface area (Å²) in [5, 5.41) is 14.0. The number of nitrogens with zero attached hydrogens (tertiary/aromatic N) is 4. The maximum atomic E-state index is 4.54. The standard InChI is InChI=1S/C24H30N6/c1-15(2)7-5-9-18-11-12-19(17(4)13-18)14-25-29-24-27-23-22(28-30-24)20-10-6-8-16(3)21(20)26-23/h6-8,10-11,14,17,19H,5,9,12-13H2,1-4H3,(H2,26,27,29,30)/b25-14+/t17-,19-/m1/s1. The Kier molecular flexibility index (Phi) is 5.93. The van der Waals surface area contributed by atoms with Crippen LogP contribution in [-0.2, 0) is 0 Å². The number of hydrazone groups is 1. The SMILES string of the molecule is CC(C)=CCCC1=CC[C@H](/C=N/Nc2nnc3c(n2)[nH]c2c(C)cccc23)[C@H](C)C1. The van der Waals surface area contributed by atoms with E-state index in [1.165, 1.54) is 17.6 Å². The van der Waals surface area contributed by atoms with Crippen molar-refractivity contribution in [2.75, 3.05) is 5.43 Å². The number of hydrogen-bond donors (Lipinski definition) is 2. The Bertz CT molecular complexity index is 1130. The van der Waals surface area contributed by atoms with Crippen molar-refractivity contribution in [3.63, 3.8) is 0 Å². The Morgan fingerprint density at radius 3 is 2.97 bits per heavy atom.